The number of amides is 1. The number of anilines is 1. The number of nitrogens with one attached hydrogen (secondary N) is 1. The predicted molar refractivity (Wildman–Crippen MR) is 88.9 cm³/mol. The molecular formula is C15H18N6OS. The van der Waals surface area contributed by atoms with E-state index in [1.807, 2.05) is 19.1 Å². The summed E-state index contributed by atoms with van der Waals surface area (Å²) >= 11 is 1.59. The zero-order valence-electron chi connectivity index (χ0n) is 13.0. The number of allylic oxidation sites excluding steroid dienone is 1. The summed E-state index contributed by atoms with van der Waals surface area (Å²) in [6.07, 6.45) is 4.45. The molecular weight excluding hydrogens is 312 g/mol. The van der Waals surface area contributed by atoms with Crippen molar-refractivity contribution in [2.45, 2.75) is 31.5 Å². The van der Waals surface area contributed by atoms with Crippen LogP contribution in [0.3, 0.4) is 0 Å². The van der Waals surface area contributed by atoms with Crippen LogP contribution in [-0.2, 0) is 4.79 Å². The Bertz CT molecular complexity index is 755. The molecule has 0 saturated carbocycles. The monoisotopic (exact) mass is 330 g/mol. The van der Waals surface area contributed by atoms with Crippen LogP contribution < -0.4 is 11.1 Å². The maximum atomic E-state index is 12.0. The van der Waals surface area contributed by atoms with Gasteiger partial charge in [0.05, 0.1) is 5.57 Å². The molecule has 7 nitrogen and oxygen atoms in total. The Balaban J connectivity index is 2.09. The molecule has 3 rings (SSSR count). The van der Waals surface area contributed by atoms with Crippen LogP contribution in [0.25, 0.3) is 0 Å². The zero-order chi connectivity index (χ0) is 16.4. The second-order valence-electron chi connectivity index (χ2n) is 5.23. The summed E-state index contributed by atoms with van der Waals surface area (Å²) in [4.78, 5) is 20.6. The molecule has 2 aromatic heterocycles. The second-order valence-corrected chi connectivity index (χ2v) is 6.29. The van der Waals surface area contributed by atoms with Crippen LogP contribution >= 0.6 is 11.8 Å². The number of aromatic nitrogens is 4. The number of carbonyl (C=O) groups excluding carboxylic acids is 1. The lowest BCUT2D eigenvalue weighted by atomic mass is 9.97. The highest BCUT2D eigenvalue weighted by Gasteiger charge is 2.33. The molecule has 120 valence electrons. The molecule has 1 atom stereocenters. The summed E-state index contributed by atoms with van der Waals surface area (Å²) in [7, 11) is 0. The third kappa shape index (κ3) is 2.94. The van der Waals surface area contributed by atoms with Crippen LogP contribution in [0.5, 0.6) is 0 Å². The van der Waals surface area contributed by atoms with Gasteiger partial charge in [-0.15, -0.1) is 5.10 Å². The minimum Gasteiger partial charge on any atom is -0.366 e. The van der Waals surface area contributed by atoms with Crippen molar-refractivity contribution in [3.05, 3.63) is 41.4 Å². The van der Waals surface area contributed by atoms with Crippen molar-refractivity contribution in [3.8, 4) is 0 Å². The molecule has 0 aliphatic carbocycles. The van der Waals surface area contributed by atoms with Crippen LogP contribution in [-0.4, -0.2) is 31.4 Å². The first kappa shape index (κ1) is 15.5. The fourth-order valence-electron chi connectivity index (χ4n) is 2.55. The quantitative estimate of drug-likeness (QED) is 0.813. The first-order valence-corrected chi connectivity index (χ1v) is 8.37. The molecule has 1 amide bonds. The van der Waals surface area contributed by atoms with Gasteiger partial charge in [0, 0.05) is 23.8 Å². The number of nitrogens with zero attached hydrogens (tertiary/aromatic N) is 4. The summed E-state index contributed by atoms with van der Waals surface area (Å²) in [5.41, 5.74) is 7.62. The van der Waals surface area contributed by atoms with E-state index in [1.165, 1.54) is 0 Å². The predicted octanol–water partition coefficient (Wildman–Crippen LogP) is 1.95. The summed E-state index contributed by atoms with van der Waals surface area (Å²) in [6.45, 7) is 3.93. The normalized spacial score (nSPS) is 16.9. The first-order chi connectivity index (χ1) is 11.1. The SMILES string of the molecule is CCCSc1nc2n(n1)C(c1cccnc1)C(C(N)=O)=C(C)N2. The minimum atomic E-state index is -0.479. The molecule has 0 aromatic carbocycles. The van der Waals surface area contributed by atoms with E-state index < -0.39 is 11.9 Å². The maximum absolute atomic E-state index is 12.0. The first-order valence-electron chi connectivity index (χ1n) is 7.38. The fourth-order valence-corrected chi connectivity index (χ4v) is 3.23. The number of nitrogens with two attached hydrogens (primary N) is 1. The lowest BCUT2D eigenvalue weighted by Crippen LogP contribution is -2.31. The summed E-state index contributed by atoms with van der Waals surface area (Å²) in [6, 6.07) is 3.32. The van der Waals surface area contributed by atoms with Gasteiger partial charge in [0.1, 0.15) is 6.04 Å². The number of carbonyl (C=O) groups is 1. The maximum Gasteiger partial charge on any atom is 0.248 e. The Kier molecular flexibility index (Phi) is 4.33. The van der Waals surface area contributed by atoms with Gasteiger partial charge in [-0.05, 0) is 25.0 Å². The van der Waals surface area contributed by atoms with Crippen LogP contribution in [0.4, 0.5) is 5.95 Å². The Hall–Kier alpha value is -2.35. The van der Waals surface area contributed by atoms with Crippen molar-refractivity contribution in [2.75, 3.05) is 11.1 Å². The van der Waals surface area contributed by atoms with Gasteiger partial charge in [0.2, 0.25) is 17.0 Å². The van der Waals surface area contributed by atoms with Crippen molar-refractivity contribution in [1.82, 2.24) is 19.7 Å². The number of fused-ring (bicyclic) bond motifs is 1. The molecule has 0 spiro atoms. The van der Waals surface area contributed by atoms with Crippen molar-refractivity contribution in [1.29, 1.82) is 0 Å². The van der Waals surface area contributed by atoms with Crippen molar-refractivity contribution in [3.63, 3.8) is 0 Å². The molecule has 3 heterocycles. The Morgan fingerprint density at radius 2 is 2.35 bits per heavy atom. The van der Waals surface area contributed by atoms with Crippen LogP contribution in [0.15, 0.2) is 41.0 Å². The van der Waals surface area contributed by atoms with Gasteiger partial charge >= 0.3 is 0 Å². The number of hydrogen-bond donors (Lipinski definition) is 2. The topological polar surface area (TPSA) is 98.7 Å². The molecule has 2 aromatic rings. The zero-order valence-corrected chi connectivity index (χ0v) is 13.8. The lowest BCUT2D eigenvalue weighted by molar-refractivity contribution is -0.115. The van der Waals surface area contributed by atoms with E-state index in [2.05, 4.69) is 27.3 Å². The van der Waals surface area contributed by atoms with E-state index in [0.29, 0.717) is 22.4 Å². The number of primary amides is 1. The largest absolute Gasteiger partial charge is 0.366 e. The van der Waals surface area contributed by atoms with Crippen molar-refractivity contribution >= 4 is 23.6 Å². The molecule has 8 heteroatoms. The molecule has 0 radical (unpaired) electrons. The molecule has 0 bridgehead atoms. The highest BCUT2D eigenvalue weighted by atomic mass is 32.2. The van der Waals surface area contributed by atoms with E-state index in [-0.39, 0.29) is 0 Å². The third-order valence-corrected chi connectivity index (χ3v) is 4.58. The molecule has 0 fully saturated rings. The van der Waals surface area contributed by atoms with E-state index >= 15 is 0 Å². The second kappa shape index (κ2) is 6.41. The van der Waals surface area contributed by atoms with E-state index in [9.17, 15) is 4.79 Å². The fraction of sp³-hybridized carbons (Fsp3) is 0.333. The van der Waals surface area contributed by atoms with Gasteiger partial charge in [-0.2, -0.15) is 4.98 Å². The third-order valence-electron chi connectivity index (χ3n) is 3.53. The molecule has 23 heavy (non-hydrogen) atoms. The van der Waals surface area contributed by atoms with Gasteiger partial charge in [0.25, 0.3) is 0 Å². The van der Waals surface area contributed by atoms with Crippen molar-refractivity contribution in [2.24, 2.45) is 5.73 Å². The van der Waals surface area contributed by atoms with Gasteiger partial charge in [-0.25, -0.2) is 4.68 Å². The highest BCUT2D eigenvalue weighted by molar-refractivity contribution is 7.99. The molecule has 1 unspecified atom stereocenters. The van der Waals surface area contributed by atoms with Gasteiger partial charge in [-0.1, -0.05) is 24.8 Å². The average Bonchev–Trinajstić information content (AvgIpc) is 2.94. The summed E-state index contributed by atoms with van der Waals surface area (Å²) in [5.74, 6) is 1.07. The Morgan fingerprint density at radius 3 is 3.00 bits per heavy atom. The smallest absolute Gasteiger partial charge is 0.248 e. The van der Waals surface area contributed by atoms with E-state index in [4.69, 9.17) is 5.73 Å². The number of hydrogen-bond acceptors (Lipinski definition) is 6. The molecule has 3 N–H and O–H groups in total. The Morgan fingerprint density at radius 1 is 1.52 bits per heavy atom. The van der Waals surface area contributed by atoms with Crippen LogP contribution in [0.1, 0.15) is 31.9 Å². The van der Waals surface area contributed by atoms with Gasteiger partial charge < -0.3 is 11.1 Å². The van der Waals surface area contributed by atoms with E-state index in [1.54, 1.807) is 28.8 Å². The average molecular weight is 330 g/mol. The van der Waals surface area contributed by atoms with Crippen molar-refractivity contribution < 1.29 is 4.79 Å². The minimum absolute atomic E-state index is 0.416. The molecule has 1 aliphatic rings. The summed E-state index contributed by atoms with van der Waals surface area (Å²) in [5, 5.41) is 8.35. The lowest BCUT2D eigenvalue weighted by Gasteiger charge is -2.27. The Labute approximate surface area is 138 Å². The standard InChI is InChI=1S/C15H18N6OS/c1-3-7-23-15-19-14-18-9(2)11(13(16)22)12(21(14)20-15)10-5-4-6-17-8-10/h4-6,8,12H,3,7H2,1-2H3,(H2,16,22)(H,18,19,20). The van der Waals surface area contributed by atoms with E-state index in [0.717, 1.165) is 17.7 Å². The summed E-state index contributed by atoms with van der Waals surface area (Å²) < 4.78 is 1.71. The molecule has 1 aliphatic heterocycles. The van der Waals surface area contributed by atoms with Crippen LogP contribution in [0.2, 0.25) is 0 Å². The number of rotatable bonds is 5. The van der Waals surface area contributed by atoms with Crippen LogP contribution in [0, 0.1) is 0 Å². The van der Waals surface area contributed by atoms with Gasteiger partial charge in [-0.3, -0.25) is 9.78 Å². The molecule has 0 saturated heterocycles. The van der Waals surface area contributed by atoms with Gasteiger partial charge in [0.15, 0.2) is 0 Å². The number of pyridine rings is 1. The highest BCUT2D eigenvalue weighted by Crippen LogP contribution is 2.35. The number of thioether (sulfide) groups is 1.